The molecule has 0 spiro atoms. The average molecular weight is 468 g/mol. The molecule has 0 unspecified atom stereocenters. The minimum atomic E-state index is 0.636. The Morgan fingerprint density at radius 2 is 1.28 bits per heavy atom. The molecular formula is C35H33N. The van der Waals surface area contributed by atoms with Crippen molar-refractivity contribution >= 4 is 10.9 Å². The summed E-state index contributed by atoms with van der Waals surface area (Å²) >= 11 is 0. The number of nitrogens with one attached hydrogen (secondary N) is 1. The van der Waals surface area contributed by atoms with Gasteiger partial charge >= 0.3 is 0 Å². The van der Waals surface area contributed by atoms with Gasteiger partial charge in [0.05, 0.1) is 16.6 Å². The Kier molecular flexibility index (Phi) is 12.1. The highest BCUT2D eigenvalue weighted by Crippen LogP contribution is 2.35. The van der Waals surface area contributed by atoms with Crippen LogP contribution >= 0.6 is 0 Å². The van der Waals surface area contributed by atoms with E-state index in [0.717, 1.165) is 66.1 Å². The van der Waals surface area contributed by atoms with E-state index in [1.165, 1.54) is 30.4 Å². The molecule has 0 aliphatic heterocycles. The third kappa shape index (κ3) is 7.09. The first-order valence-electron chi connectivity index (χ1n) is 12.7. The molecule has 0 saturated heterocycles. The van der Waals surface area contributed by atoms with Gasteiger partial charge in [0.25, 0.3) is 0 Å². The van der Waals surface area contributed by atoms with Crippen molar-refractivity contribution in [3.63, 3.8) is 0 Å². The lowest BCUT2D eigenvalue weighted by Crippen LogP contribution is -2.05. The van der Waals surface area contributed by atoms with Gasteiger partial charge < -0.3 is 4.98 Å². The smallest absolute Gasteiger partial charge is 0.106 e. The first-order chi connectivity index (χ1) is 17.7. The summed E-state index contributed by atoms with van der Waals surface area (Å²) in [5, 5.41) is 0.912. The van der Waals surface area contributed by atoms with Crippen LogP contribution in [0.15, 0.2) is 0 Å². The van der Waals surface area contributed by atoms with Crippen LogP contribution in [-0.2, 0) is 12.8 Å². The summed E-state index contributed by atoms with van der Waals surface area (Å²) in [6, 6.07) is 0. The monoisotopic (exact) mass is 467 g/mol. The normalized spacial score (nSPS) is 8.94. The third-order valence-electron chi connectivity index (χ3n) is 5.93. The van der Waals surface area contributed by atoms with Crippen LogP contribution < -0.4 is 0 Å². The number of hydrogen-bond donors (Lipinski definition) is 1. The maximum atomic E-state index is 5.90. The Morgan fingerprint density at radius 3 is 1.92 bits per heavy atom. The van der Waals surface area contributed by atoms with Crippen LogP contribution in [-0.4, -0.2) is 4.98 Å². The second-order valence-electron chi connectivity index (χ2n) is 8.39. The predicted molar refractivity (Wildman–Crippen MR) is 154 cm³/mol. The van der Waals surface area contributed by atoms with Crippen molar-refractivity contribution in [1.29, 1.82) is 0 Å². The Hall–Kier alpha value is -4.32. The van der Waals surface area contributed by atoms with E-state index in [1.54, 1.807) is 13.8 Å². The quantitative estimate of drug-likeness (QED) is 0.311. The van der Waals surface area contributed by atoms with Crippen molar-refractivity contribution in [2.24, 2.45) is 0 Å². The number of fused-ring (bicyclic) bond motifs is 1. The lowest BCUT2D eigenvalue weighted by atomic mass is 9.85. The van der Waals surface area contributed by atoms with Crippen molar-refractivity contribution < 1.29 is 0 Å². The topological polar surface area (TPSA) is 15.8 Å². The van der Waals surface area contributed by atoms with Crippen LogP contribution in [0, 0.1) is 83.9 Å². The molecule has 0 bridgehead atoms. The van der Waals surface area contributed by atoms with Crippen molar-refractivity contribution in [1.82, 2.24) is 4.98 Å². The molecule has 0 fully saturated rings. The number of benzene rings is 1. The van der Waals surface area contributed by atoms with Gasteiger partial charge in [-0.15, -0.1) is 18.8 Å². The van der Waals surface area contributed by atoms with Crippen LogP contribution in [0.25, 0.3) is 10.9 Å². The van der Waals surface area contributed by atoms with Gasteiger partial charge in [0.15, 0.2) is 0 Å². The van der Waals surface area contributed by atoms with Gasteiger partial charge in [-0.05, 0) is 86.2 Å². The second-order valence-corrected chi connectivity index (χ2v) is 8.39. The first-order valence-corrected chi connectivity index (χ1v) is 12.7. The average Bonchev–Trinajstić information content (AvgIpc) is 3.25. The molecule has 1 N–H and O–H groups in total. The Bertz CT molecular complexity index is 1480. The Balaban J connectivity index is 3.04. The summed E-state index contributed by atoms with van der Waals surface area (Å²) in [5.41, 5.74) is 6.55. The number of aromatic nitrogens is 1. The maximum Gasteiger partial charge on any atom is 0.106 e. The summed E-state index contributed by atoms with van der Waals surface area (Å²) < 4.78 is 0. The zero-order valence-electron chi connectivity index (χ0n) is 22.0. The number of aromatic amines is 1. The molecule has 0 aliphatic carbocycles. The van der Waals surface area contributed by atoms with E-state index in [9.17, 15) is 0 Å². The molecule has 0 saturated carbocycles. The van der Waals surface area contributed by atoms with Gasteiger partial charge in [-0.1, -0.05) is 75.6 Å². The molecule has 2 aromatic rings. The van der Waals surface area contributed by atoms with Crippen molar-refractivity contribution in [2.75, 3.05) is 0 Å². The van der Waals surface area contributed by atoms with Gasteiger partial charge in [-0.3, -0.25) is 0 Å². The molecule has 0 amide bonds. The van der Waals surface area contributed by atoms with Crippen LogP contribution in [0.3, 0.4) is 0 Å². The molecular weight excluding hydrogens is 434 g/mol. The van der Waals surface area contributed by atoms with Crippen LogP contribution in [0.1, 0.15) is 106 Å². The molecule has 36 heavy (non-hydrogen) atoms. The van der Waals surface area contributed by atoms with E-state index in [4.69, 9.17) is 12.8 Å². The number of terminal acetylenes is 2. The number of rotatable bonds is 9. The number of unbranched alkanes of at least 4 members (excludes halogenated alkanes) is 5. The van der Waals surface area contributed by atoms with Crippen LogP contribution in [0.4, 0.5) is 0 Å². The van der Waals surface area contributed by atoms with Crippen LogP contribution in [0.5, 0.6) is 0 Å². The summed E-state index contributed by atoms with van der Waals surface area (Å²) in [6.07, 6.45) is 21.3. The van der Waals surface area contributed by atoms with Crippen LogP contribution in [0.2, 0.25) is 0 Å². The SMILES string of the molecule is C#CC#Cc1c(CCCCC)c(CCCCCC)c(C#CC#CC#CC)c2[nH]c(C#C)c(C#CC)c12. The van der Waals surface area contributed by atoms with Gasteiger partial charge in [0, 0.05) is 10.9 Å². The molecule has 0 radical (unpaired) electrons. The molecule has 1 aromatic heterocycles. The molecule has 2 rings (SSSR count). The van der Waals surface area contributed by atoms with Crippen molar-refractivity contribution in [2.45, 2.75) is 85.5 Å². The summed E-state index contributed by atoms with van der Waals surface area (Å²) in [6.45, 7) is 8.00. The Labute approximate surface area is 218 Å². The van der Waals surface area contributed by atoms with Gasteiger partial charge in [0.1, 0.15) is 5.69 Å². The molecule has 1 nitrogen and oxygen atoms in total. The molecule has 178 valence electrons. The van der Waals surface area contributed by atoms with Crippen molar-refractivity contribution in [3.8, 4) is 83.9 Å². The van der Waals surface area contributed by atoms with Gasteiger partial charge in [0.2, 0.25) is 0 Å². The Morgan fingerprint density at radius 1 is 0.639 bits per heavy atom. The van der Waals surface area contributed by atoms with E-state index in [0.29, 0.717) is 5.69 Å². The highest BCUT2D eigenvalue weighted by atomic mass is 14.7. The molecule has 0 aliphatic rings. The fourth-order valence-electron chi connectivity index (χ4n) is 4.32. The largest absolute Gasteiger partial charge is 0.346 e. The zero-order valence-corrected chi connectivity index (χ0v) is 22.0. The highest BCUT2D eigenvalue weighted by Gasteiger charge is 2.22. The fourth-order valence-corrected chi connectivity index (χ4v) is 4.32. The lowest BCUT2D eigenvalue weighted by Gasteiger charge is -2.17. The van der Waals surface area contributed by atoms with Gasteiger partial charge in [-0.25, -0.2) is 0 Å². The van der Waals surface area contributed by atoms with E-state index in [-0.39, 0.29) is 0 Å². The standard InChI is InChI=1S/C35H33N/c1-7-13-17-19-22-27-31-29(26-21-18-14-8-2)28(25-20-15-9-3)30(24-16-10-4)34-32(23-11-5)33(12-6)36-35(31)34/h4,6,36H,8-9,14-15,18,20-21,25-26H2,1-3,5H3. The third-order valence-corrected chi connectivity index (χ3v) is 5.93. The molecule has 1 heteroatoms. The summed E-state index contributed by atoms with van der Waals surface area (Å²) in [4.78, 5) is 3.44. The molecule has 0 atom stereocenters. The fraction of sp³-hybridized carbons (Fsp3) is 0.371. The van der Waals surface area contributed by atoms with Crippen molar-refractivity contribution in [3.05, 3.63) is 33.5 Å². The molecule has 1 aromatic carbocycles. The second kappa shape index (κ2) is 15.6. The van der Waals surface area contributed by atoms with E-state index in [2.05, 4.69) is 89.9 Å². The predicted octanol–water partition coefficient (Wildman–Crippen LogP) is 6.74. The minimum Gasteiger partial charge on any atom is -0.346 e. The summed E-state index contributed by atoms with van der Waals surface area (Å²) in [5.74, 6) is 35.2. The highest BCUT2D eigenvalue weighted by molar-refractivity contribution is 5.99. The zero-order chi connectivity index (χ0) is 26.2. The molecule has 1 heterocycles. The van der Waals surface area contributed by atoms with Gasteiger partial charge in [-0.2, -0.15) is 0 Å². The van der Waals surface area contributed by atoms with E-state index < -0.39 is 0 Å². The summed E-state index contributed by atoms with van der Waals surface area (Å²) in [7, 11) is 0. The number of H-pyrrole nitrogens is 1. The maximum absolute atomic E-state index is 5.90. The van der Waals surface area contributed by atoms with E-state index in [1.807, 2.05) is 0 Å². The minimum absolute atomic E-state index is 0.636. The lowest BCUT2D eigenvalue weighted by molar-refractivity contribution is 0.659. The number of hydrogen-bond acceptors (Lipinski definition) is 0. The van der Waals surface area contributed by atoms with E-state index >= 15 is 0 Å². The first kappa shape index (κ1) is 27.9.